The molecule has 16 heavy (non-hydrogen) atoms. The summed E-state index contributed by atoms with van der Waals surface area (Å²) in [6.07, 6.45) is 7.73. The normalized spacial score (nSPS) is 18.9. The largest absolute Gasteiger partial charge is 0.207 e. The molecule has 0 nitrogen and oxygen atoms in total. The van der Waals surface area contributed by atoms with Crippen LogP contribution in [0.5, 0.6) is 0 Å². The highest BCUT2D eigenvalue weighted by Gasteiger charge is 2.17. The van der Waals surface area contributed by atoms with E-state index in [9.17, 15) is 4.39 Å². The van der Waals surface area contributed by atoms with E-state index in [1.807, 2.05) is 0 Å². The SMILES string of the molecule is Fc1ccc(C(Cl)CCC2CCCC2)cc1. The molecule has 2 heteroatoms. The smallest absolute Gasteiger partial charge is 0.123 e. The zero-order chi connectivity index (χ0) is 11.4. The fraction of sp³-hybridized carbons (Fsp3) is 0.571. The zero-order valence-electron chi connectivity index (χ0n) is 9.46. The van der Waals surface area contributed by atoms with E-state index < -0.39 is 0 Å². The lowest BCUT2D eigenvalue weighted by atomic mass is 9.98. The third-order valence-corrected chi connectivity index (χ3v) is 4.00. The lowest BCUT2D eigenvalue weighted by molar-refractivity contribution is 0.479. The van der Waals surface area contributed by atoms with Gasteiger partial charge >= 0.3 is 0 Å². The quantitative estimate of drug-likeness (QED) is 0.644. The Labute approximate surface area is 102 Å². The van der Waals surface area contributed by atoms with Crippen LogP contribution in [0.4, 0.5) is 4.39 Å². The summed E-state index contributed by atoms with van der Waals surface area (Å²) in [6, 6.07) is 6.56. The Morgan fingerprint density at radius 1 is 1.19 bits per heavy atom. The predicted octanol–water partition coefficient (Wildman–Crippen LogP) is 5.08. The monoisotopic (exact) mass is 240 g/mol. The van der Waals surface area contributed by atoms with E-state index in [-0.39, 0.29) is 11.2 Å². The molecule has 0 radical (unpaired) electrons. The first-order valence-electron chi connectivity index (χ1n) is 6.15. The van der Waals surface area contributed by atoms with E-state index in [4.69, 9.17) is 11.6 Å². The van der Waals surface area contributed by atoms with Gasteiger partial charge in [0.15, 0.2) is 0 Å². The van der Waals surface area contributed by atoms with Crippen molar-refractivity contribution in [1.82, 2.24) is 0 Å². The predicted molar refractivity (Wildman–Crippen MR) is 66.2 cm³/mol. The molecule has 1 aliphatic carbocycles. The molecule has 0 bridgehead atoms. The van der Waals surface area contributed by atoms with Crippen LogP contribution >= 0.6 is 11.6 Å². The maximum atomic E-state index is 12.7. The minimum atomic E-state index is -0.191. The number of rotatable bonds is 4. The molecule has 0 heterocycles. The Balaban J connectivity index is 1.82. The van der Waals surface area contributed by atoms with Gasteiger partial charge in [0.25, 0.3) is 0 Å². The molecule has 1 fully saturated rings. The number of hydrogen-bond donors (Lipinski definition) is 0. The van der Waals surface area contributed by atoms with Crippen LogP contribution in [0.1, 0.15) is 49.5 Å². The molecule has 0 N–H and O–H groups in total. The van der Waals surface area contributed by atoms with Crippen molar-refractivity contribution in [2.45, 2.75) is 43.9 Å². The van der Waals surface area contributed by atoms with Crippen LogP contribution in [0, 0.1) is 11.7 Å². The van der Waals surface area contributed by atoms with E-state index in [0.29, 0.717) is 0 Å². The summed E-state index contributed by atoms with van der Waals surface area (Å²) in [6.45, 7) is 0. The van der Waals surface area contributed by atoms with Crippen molar-refractivity contribution in [3.8, 4) is 0 Å². The van der Waals surface area contributed by atoms with Gasteiger partial charge in [-0.25, -0.2) is 4.39 Å². The van der Waals surface area contributed by atoms with Gasteiger partial charge in [0, 0.05) is 0 Å². The molecular formula is C14H18ClF. The third kappa shape index (κ3) is 3.21. The zero-order valence-corrected chi connectivity index (χ0v) is 10.2. The van der Waals surface area contributed by atoms with Crippen LogP contribution in [-0.2, 0) is 0 Å². The summed E-state index contributed by atoms with van der Waals surface area (Å²) >= 11 is 6.31. The topological polar surface area (TPSA) is 0 Å². The van der Waals surface area contributed by atoms with Crippen LogP contribution in [0.15, 0.2) is 24.3 Å². The Bertz CT molecular complexity index is 314. The van der Waals surface area contributed by atoms with Gasteiger partial charge in [0.2, 0.25) is 0 Å². The molecule has 1 aromatic carbocycles. The van der Waals surface area contributed by atoms with Gasteiger partial charge < -0.3 is 0 Å². The number of halogens is 2. The van der Waals surface area contributed by atoms with Gasteiger partial charge in [0.05, 0.1) is 5.38 Å². The number of benzene rings is 1. The summed E-state index contributed by atoms with van der Waals surface area (Å²) in [7, 11) is 0. The van der Waals surface area contributed by atoms with E-state index in [0.717, 1.165) is 17.9 Å². The highest BCUT2D eigenvalue weighted by molar-refractivity contribution is 6.20. The van der Waals surface area contributed by atoms with Crippen molar-refractivity contribution in [3.05, 3.63) is 35.6 Å². The van der Waals surface area contributed by atoms with Crippen molar-refractivity contribution in [3.63, 3.8) is 0 Å². The number of alkyl halides is 1. The Morgan fingerprint density at radius 3 is 2.44 bits per heavy atom. The van der Waals surface area contributed by atoms with Crippen molar-refractivity contribution >= 4 is 11.6 Å². The van der Waals surface area contributed by atoms with Crippen LogP contribution < -0.4 is 0 Å². The van der Waals surface area contributed by atoms with E-state index in [1.54, 1.807) is 12.1 Å². The second-order valence-electron chi connectivity index (χ2n) is 4.75. The second-order valence-corrected chi connectivity index (χ2v) is 5.27. The highest BCUT2D eigenvalue weighted by atomic mass is 35.5. The maximum Gasteiger partial charge on any atom is 0.123 e. The van der Waals surface area contributed by atoms with Gasteiger partial charge in [-0.05, 0) is 36.5 Å². The minimum absolute atomic E-state index is 0.0428. The molecule has 0 aromatic heterocycles. The van der Waals surface area contributed by atoms with Gasteiger partial charge in [-0.15, -0.1) is 11.6 Å². The summed E-state index contributed by atoms with van der Waals surface area (Å²) in [5.74, 6) is 0.685. The Hall–Kier alpha value is -0.560. The molecule has 1 aromatic rings. The van der Waals surface area contributed by atoms with Gasteiger partial charge in [-0.3, -0.25) is 0 Å². The first kappa shape index (κ1) is 11.9. The Morgan fingerprint density at radius 2 is 1.81 bits per heavy atom. The average Bonchev–Trinajstić information content (AvgIpc) is 2.80. The molecule has 2 rings (SSSR count). The average molecular weight is 241 g/mol. The van der Waals surface area contributed by atoms with Crippen LogP contribution in [0.2, 0.25) is 0 Å². The van der Waals surface area contributed by atoms with Crippen molar-refractivity contribution in [2.24, 2.45) is 5.92 Å². The number of hydrogen-bond acceptors (Lipinski definition) is 0. The van der Waals surface area contributed by atoms with Crippen LogP contribution in [0.25, 0.3) is 0 Å². The lowest BCUT2D eigenvalue weighted by Gasteiger charge is -2.13. The molecular weight excluding hydrogens is 223 g/mol. The summed E-state index contributed by atoms with van der Waals surface area (Å²) in [5, 5.41) is 0.0428. The Kier molecular flexibility index (Phi) is 4.22. The fourth-order valence-corrected chi connectivity index (χ4v) is 2.79. The highest BCUT2D eigenvalue weighted by Crippen LogP contribution is 2.33. The van der Waals surface area contributed by atoms with Gasteiger partial charge in [-0.1, -0.05) is 37.8 Å². The van der Waals surface area contributed by atoms with E-state index in [2.05, 4.69) is 0 Å². The van der Waals surface area contributed by atoms with Crippen molar-refractivity contribution in [1.29, 1.82) is 0 Å². The maximum absolute atomic E-state index is 12.7. The molecule has 0 spiro atoms. The molecule has 0 aliphatic heterocycles. The van der Waals surface area contributed by atoms with Gasteiger partial charge in [-0.2, -0.15) is 0 Å². The van der Waals surface area contributed by atoms with Crippen LogP contribution in [-0.4, -0.2) is 0 Å². The molecule has 0 amide bonds. The summed E-state index contributed by atoms with van der Waals surface area (Å²) in [4.78, 5) is 0. The summed E-state index contributed by atoms with van der Waals surface area (Å²) in [5.41, 5.74) is 1.04. The van der Waals surface area contributed by atoms with Crippen molar-refractivity contribution < 1.29 is 4.39 Å². The van der Waals surface area contributed by atoms with E-state index >= 15 is 0 Å². The lowest BCUT2D eigenvalue weighted by Crippen LogP contribution is -1.97. The van der Waals surface area contributed by atoms with Crippen molar-refractivity contribution in [2.75, 3.05) is 0 Å². The van der Waals surface area contributed by atoms with Gasteiger partial charge in [0.1, 0.15) is 5.82 Å². The van der Waals surface area contributed by atoms with Crippen LogP contribution in [0.3, 0.4) is 0 Å². The van der Waals surface area contributed by atoms with E-state index in [1.165, 1.54) is 44.2 Å². The fourth-order valence-electron chi connectivity index (χ4n) is 2.52. The molecule has 1 unspecified atom stereocenters. The first-order chi connectivity index (χ1) is 7.75. The molecule has 88 valence electrons. The third-order valence-electron chi connectivity index (χ3n) is 3.53. The standard InChI is InChI=1S/C14H18ClF/c15-14(10-5-11-3-1-2-4-11)12-6-8-13(16)9-7-12/h6-9,11,14H,1-5,10H2. The molecule has 1 aliphatic rings. The second kappa shape index (κ2) is 5.67. The molecule has 0 saturated heterocycles. The molecule has 1 atom stereocenters. The summed E-state index contributed by atoms with van der Waals surface area (Å²) < 4.78 is 12.7. The first-order valence-corrected chi connectivity index (χ1v) is 6.59. The molecule has 1 saturated carbocycles. The minimum Gasteiger partial charge on any atom is -0.207 e.